The minimum Gasteiger partial charge on any atom is -0.469 e. The Morgan fingerprint density at radius 2 is 2.08 bits per heavy atom. The fourth-order valence-electron chi connectivity index (χ4n) is 2.52. The number of ether oxygens (including phenoxy) is 4. The molecule has 10 nitrogen and oxygen atoms in total. The molecule has 0 aromatic rings. The van der Waals surface area contributed by atoms with Gasteiger partial charge in [-0.15, -0.1) is 0 Å². The lowest BCUT2D eigenvalue weighted by molar-refractivity contribution is -0.210. The van der Waals surface area contributed by atoms with E-state index in [9.17, 15) is 13.2 Å². The van der Waals surface area contributed by atoms with Gasteiger partial charge in [0.25, 0.3) is 0 Å². The van der Waals surface area contributed by atoms with Crippen molar-refractivity contribution < 1.29 is 40.9 Å². The van der Waals surface area contributed by atoms with Crippen molar-refractivity contribution in [1.29, 1.82) is 0 Å². The maximum Gasteiger partial charge on any atom is 0.397 e. The fourth-order valence-corrected chi connectivity index (χ4v) is 4.12. The maximum absolute atomic E-state index is 11.1. The number of methoxy groups -OCH3 is 1. The summed E-state index contributed by atoms with van der Waals surface area (Å²) in [6.07, 6.45) is -3.29. The first kappa shape index (κ1) is 21.8. The zero-order valence-electron chi connectivity index (χ0n) is 14.4. The van der Waals surface area contributed by atoms with Gasteiger partial charge in [-0.2, -0.15) is 8.42 Å². The zero-order chi connectivity index (χ0) is 19.5. The molecular formula is C13H21NO9S3. The van der Waals surface area contributed by atoms with Crippen LogP contribution in [-0.4, -0.2) is 73.1 Å². The Hall–Kier alpha value is -0.540. The maximum atomic E-state index is 11.1. The number of thiocarbonyl (C=S) groups is 1. The Kier molecular flexibility index (Phi) is 7.23. The van der Waals surface area contributed by atoms with E-state index in [0.717, 1.165) is 0 Å². The molecule has 0 spiro atoms. The molecule has 0 aromatic carbocycles. The molecule has 0 unspecified atom stereocenters. The van der Waals surface area contributed by atoms with Crippen molar-refractivity contribution in [1.82, 2.24) is 5.32 Å². The van der Waals surface area contributed by atoms with Crippen LogP contribution in [0.25, 0.3) is 0 Å². The van der Waals surface area contributed by atoms with E-state index in [0.29, 0.717) is 10.9 Å². The largest absolute Gasteiger partial charge is 0.469 e. The number of esters is 1. The molecule has 2 saturated heterocycles. The van der Waals surface area contributed by atoms with Crippen LogP contribution >= 0.6 is 24.0 Å². The summed E-state index contributed by atoms with van der Waals surface area (Å²) in [4.78, 5) is 11.0. The van der Waals surface area contributed by atoms with Gasteiger partial charge in [0.05, 0.1) is 13.5 Å². The summed E-state index contributed by atoms with van der Waals surface area (Å²) in [5.74, 6) is -1.10. The highest BCUT2D eigenvalue weighted by Gasteiger charge is 2.56. The van der Waals surface area contributed by atoms with Gasteiger partial charge in [0, 0.05) is 12.3 Å². The summed E-state index contributed by atoms with van der Waals surface area (Å²) in [6.45, 7) is 3.62. The molecule has 0 amide bonds. The van der Waals surface area contributed by atoms with E-state index < -0.39 is 40.8 Å². The van der Waals surface area contributed by atoms with E-state index in [2.05, 4.69) is 10.1 Å². The molecule has 26 heavy (non-hydrogen) atoms. The molecule has 4 atom stereocenters. The van der Waals surface area contributed by atoms with Crippen molar-refractivity contribution in [3.8, 4) is 0 Å². The van der Waals surface area contributed by atoms with E-state index in [1.807, 2.05) is 0 Å². The van der Waals surface area contributed by atoms with Crippen molar-refractivity contribution in [2.24, 2.45) is 0 Å². The number of hydrogen-bond acceptors (Lipinski definition) is 10. The van der Waals surface area contributed by atoms with Crippen molar-refractivity contribution in [2.45, 2.75) is 50.7 Å². The Morgan fingerprint density at radius 1 is 1.38 bits per heavy atom. The lowest BCUT2D eigenvalue weighted by Crippen LogP contribution is -2.39. The number of thioether (sulfide) groups is 1. The van der Waals surface area contributed by atoms with Crippen LogP contribution in [0.15, 0.2) is 0 Å². The third-order valence-corrected chi connectivity index (χ3v) is 5.39. The van der Waals surface area contributed by atoms with Crippen molar-refractivity contribution in [2.75, 3.05) is 19.4 Å². The highest BCUT2D eigenvalue weighted by molar-refractivity contribution is 8.23. The quantitative estimate of drug-likeness (QED) is 0.325. The summed E-state index contributed by atoms with van der Waals surface area (Å²) < 4.78 is 57.8. The summed E-state index contributed by atoms with van der Waals surface area (Å²) >= 11 is 6.31. The number of rotatable bonds is 7. The van der Waals surface area contributed by atoms with Crippen LogP contribution in [0.2, 0.25) is 0 Å². The molecule has 2 heterocycles. The van der Waals surface area contributed by atoms with Crippen LogP contribution in [0, 0.1) is 0 Å². The van der Waals surface area contributed by atoms with E-state index in [1.54, 1.807) is 13.8 Å². The number of hydrogen-bond donors (Lipinski definition) is 2. The number of nitrogens with one attached hydrogen (secondary N) is 1. The Balaban J connectivity index is 1.89. The second-order valence-corrected chi connectivity index (χ2v) is 8.73. The van der Waals surface area contributed by atoms with Crippen molar-refractivity contribution in [3.63, 3.8) is 0 Å². The third kappa shape index (κ3) is 6.27. The van der Waals surface area contributed by atoms with Gasteiger partial charge in [0.1, 0.15) is 22.6 Å². The summed E-state index contributed by atoms with van der Waals surface area (Å²) in [5, 5.41) is 2.87. The van der Waals surface area contributed by atoms with Gasteiger partial charge in [0.15, 0.2) is 12.1 Å². The summed E-state index contributed by atoms with van der Waals surface area (Å²) in [6, 6.07) is 0. The molecule has 0 bridgehead atoms. The molecule has 0 aliphatic carbocycles. The molecule has 2 N–H and O–H groups in total. The Labute approximate surface area is 161 Å². The SMILES string of the molecule is COC(=O)CCNC(=S)SC[C@H]1O[C@@H]2OC(C)(C)O[C@@H]2[C@H]1OS(=O)(=O)O. The highest BCUT2D eigenvalue weighted by Crippen LogP contribution is 2.40. The molecule has 0 aromatic heterocycles. The molecule has 2 aliphatic rings. The molecule has 2 fully saturated rings. The van der Waals surface area contributed by atoms with Gasteiger partial charge in [-0.05, 0) is 13.8 Å². The highest BCUT2D eigenvalue weighted by atomic mass is 32.3. The standard InChI is InChI=1S/C13H21NO9S3/c1-13(2)21-10-9(23-26(16,17)18)7(20-11(10)22-13)6-25-12(24)14-5-4-8(15)19-3/h7,9-11H,4-6H2,1-3H3,(H,14,24)(H,16,17,18)/t7-,9+,10-,11-/m1/s1. The average molecular weight is 432 g/mol. The molecular weight excluding hydrogens is 410 g/mol. The Bertz CT molecular complexity index is 639. The number of carbonyl (C=O) groups excluding carboxylic acids is 1. The van der Waals surface area contributed by atoms with Crippen LogP contribution < -0.4 is 5.32 Å². The lowest BCUT2D eigenvalue weighted by Gasteiger charge is -2.24. The monoisotopic (exact) mass is 431 g/mol. The Morgan fingerprint density at radius 3 is 2.69 bits per heavy atom. The van der Waals surface area contributed by atoms with Crippen molar-refractivity contribution >= 4 is 44.7 Å². The molecule has 150 valence electrons. The zero-order valence-corrected chi connectivity index (χ0v) is 16.8. The first-order chi connectivity index (χ1) is 12.0. The second kappa shape index (κ2) is 8.65. The first-order valence-electron chi connectivity index (χ1n) is 7.65. The van der Waals surface area contributed by atoms with E-state index in [-0.39, 0.29) is 18.1 Å². The van der Waals surface area contributed by atoms with E-state index in [4.69, 9.17) is 35.2 Å². The average Bonchev–Trinajstić information content (AvgIpc) is 2.96. The fraction of sp³-hybridized carbons (Fsp3) is 0.846. The number of fused-ring (bicyclic) bond motifs is 1. The van der Waals surface area contributed by atoms with E-state index in [1.165, 1.54) is 18.9 Å². The van der Waals surface area contributed by atoms with Gasteiger partial charge in [0.2, 0.25) is 0 Å². The van der Waals surface area contributed by atoms with Crippen LogP contribution in [-0.2, 0) is 38.3 Å². The summed E-state index contributed by atoms with van der Waals surface area (Å²) in [5.41, 5.74) is 0. The van der Waals surface area contributed by atoms with Crippen molar-refractivity contribution in [3.05, 3.63) is 0 Å². The molecule has 0 saturated carbocycles. The van der Waals surface area contributed by atoms with Crippen LogP contribution in [0.5, 0.6) is 0 Å². The first-order valence-corrected chi connectivity index (χ1v) is 10.4. The molecule has 0 radical (unpaired) electrons. The second-order valence-electron chi connectivity index (χ2n) is 5.98. The van der Waals surface area contributed by atoms with Crippen LogP contribution in [0.3, 0.4) is 0 Å². The smallest absolute Gasteiger partial charge is 0.397 e. The van der Waals surface area contributed by atoms with Crippen LogP contribution in [0.1, 0.15) is 20.3 Å². The predicted molar refractivity (Wildman–Crippen MR) is 94.8 cm³/mol. The summed E-state index contributed by atoms with van der Waals surface area (Å²) in [7, 11) is -3.41. The van der Waals surface area contributed by atoms with Gasteiger partial charge in [-0.25, -0.2) is 4.18 Å². The van der Waals surface area contributed by atoms with Gasteiger partial charge >= 0.3 is 16.4 Å². The minimum absolute atomic E-state index is 0.159. The predicted octanol–water partition coefficient (Wildman–Crippen LogP) is 0.222. The van der Waals surface area contributed by atoms with Gasteiger partial charge < -0.3 is 24.3 Å². The minimum atomic E-state index is -4.71. The molecule has 2 rings (SSSR count). The lowest BCUT2D eigenvalue weighted by atomic mass is 10.1. The molecule has 2 aliphatic heterocycles. The van der Waals surface area contributed by atoms with Crippen LogP contribution in [0.4, 0.5) is 0 Å². The van der Waals surface area contributed by atoms with Gasteiger partial charge in [-0.1, -0.05) is 24.0 Å². The molecule has 13 heteroatoms. The van der Waals surface area contributed by atoms with Gasteiger partial charge in [-0.3, -0.25) is 9.35 Å². The normalized spacial score (nSPS) is 30.0. The number of carbonyl (C=O) groups is 1. The topological polar surface area (TPSA) is 130 Å². The third-order valence-electron chi connectivity index (χ3n) is 3.52. The van der Waals surface area contributed by atoms with E-state index >= 15 is 0 Å².